The van der Waals surface area contributed by atoms with Gasteiger partial charge in [0.15, 0.2) is 0 Å². The summed E-state index contributed by atoms with van der Waals surface area (Å²) in [7, 11) is 0. The van der Waals surface area contributed by atoms with Crippen molar-refractivity contribution in [3.63, 3.8) is 0 Å². The molecule has 6 heteroatoms. The third-order valence-electron chi connectivity index (χ3n) is 1.51. The van der Waals surface area contributed by atoms with Crippen molar-refractivity contribution in [1.82, 2.24) is 4.98 Å². The van der Waals surface area contributed by atoms with Gasteiger partial charge in [-0.3, -0.25) is 0 Å². The number of nitrogens with zero attached hydrogens (tertiary/aromatic N) is 2. The number of aromatic nitrogens is 1. The minimum Gasteiger partial charge on any atom is -0.217 e. The maximum Gasteiger partial charge on any atom is 0.281 e. The van der Waals surface area contributed by atoms with E-state index in [0.717, 1.165) is 0 Å². The highest BCUT2D eigenvalue weighted by Gasteiger charge is 2.17. The van der Waals surface area contributed by atoms with Crippen molar-refractivity contribution in [2.24, 2.45) is 0 Å². The molecule has 0 aliphatic rings. The average Bonchev–Trinajstić information content (AvgIpc) is 2.10. The van der Waals surface area contributed by atoms with Crippen LogP contribution < -0.4 is 0 Å². The van der Waals surface area contributed by atoms with Crippen LogP contribution in [0.15, 0.2) is 6.07 Å². The molecular weight excluding hydrogens is 308 g/mol. The van der Waals surface area contributed by atoms with Crippen molar-refractivity contribution in [1.29, 1.82) is 5.26 Å². The van der Waals surface area contributed by atoms with Gasteiger partial charge in [0.25, 0.3) is 6.43 Å². The number of pyridine rings is 1. The van der Waals surface area contributed by atoms with Gasteiger partial charge in [0, 0.05) is 9.13 Å². The molecule has 0 fully saturated rings. The molecule has 0 radical (unpaired) electrons. The third kappa shape index (κ3) is 2.35. The highest BCUT2D eigenvalue weighted by molar-refractivity contribution is 14.1. The van der Waals surface area contributed by atoms with E-state index in [9.17, 15) is 13.2 Å². The largest absolute Gasteiger partial charge is 0.281 e. The first-order valence-electron chi connectivity index (χ1n) is 3.56. The second-order valence-corrected chi connectivity index (χ2v) is 3.60. The Morgan fingerprint density at radius 3 is 2.71 bits per heavy atom. The molecule has 1 heterocycles. The van der Waals surface area contributed by atoms with Crippen LogP contribution in [0.5, 0.6) is 0 Å². The molecule has 1 aromatic heterocycles. The predicted octanol–water partition coefficient (Wildman–Crippen LogP) is 2.83. The average molecular weight is 312 g/mol. The summed E-state index contributed by atoms with van der Waals surface area (Å²) in [6.07, 6.45) is -2.97. The molecule has 0 atom stereocenters. The second-order valence-electron chi connectivity index (χ2n) is 2.44. The van der Waals surface area contributed by atoms with Crippen LogP contribution >= 0.6 is 22.6 Å². The van der Waals surface area contributed by atoms with Gasteiger partial charge in [-0.1, -0.05) is 0 Å². The Bertz CT molecular complexity index is 387. The lowest BCUT2D eigenvalue weighted by molar-refractivity contribution is 0.143. The van der Waals surface area contributed by atoms with Gasteiger partial charge in [0.05, 0.1) is 12.5 Å². The summed E-state index contributed by atoms with van der Waals surface area (Å²) < 4.78 is 37.6. The van der Waals surface area contributed by atoms with Gasteiger partial charge in [-0.05, 0) is 28.7 Å². The molecule has 0 aliphatic carbocycles. The van der Waals surface area contributed by atoms with Gasteiger partial charge in [0.1, 0.15) is 5.69 Å². The van der Waals surface area contributed by atoms with Crippen molar-refractivity contribution >= 4 is 22.6 Å². The van der Waals surface area contributed by atoms with E-state index in [4.69, 9.17) is 5.26 Å². The summed E-state index contributed by atoms with van der Waals surface area (Å²) in [5.41, 5.74) is -0.536. The van der Waals surface area contributed by atoms with Gasteiger partial charge in [-0.15, -0.1) is 0 Å². The molecule has 74 valence electrons. The van der Waals surface area contributed by atoms with E-state index >= 15 is 0 Å². The molecule has 0 spiro atoms. The fourth-order valence-corrected chi connectivity index (χ4v) is 1.61. The summed E-state index contributed by atoms with van der Waals surface area (Å²) in [5, 5.41) is 8.32. The predicted molar refractivity (Wildman–Crippen MR) is 51.2 cm³/mol. The van der Waals surface area contributed by atoms with Crippen LogP contribution in [0.25, 0.3) is 0 Å². The SMILES string of the molecule is N#CCc1cc(I)c(C(F)F)nc1F. The van der Waals surface area contributed by atoms with Crippen molar-refractivity contribution in [3.05, 3.63) is 26.8 Å². The van der Waals surface area contributed by atoms with Crippen LogP contribution in [-0.2, 0) is 6.42 Å². The monoisotopic (exact) mass is 312 g/mol. The summed E-state index contributed by atoms with van der Waals surface area (Å²) in [6, 6.07) is 2.95. The zero-order valence-electron chi connectivity index (χ0n) is 6.77. The standard InChI is InChI=1S/C8H4F3IN2/c9-7(10)6-5(12)3-4(1-2-13)8(11)14-6/h3,7H,1H2. The lowest BCUT2D eigenvalue weighted by atomic mass is 10.2. The van der Waals surface area contributed by atoms with Crippen LogP contribution in [0.1, 0.15) is 17.7 Å². The van der Waals surface area contributed by atoms with Crippen molar-refractivity contribution in [2.75, 3.05) is 0 Å². The Hall–Kier alpha value is -0.840. The van der Waals surface area contributed by atoms with E-state index in [0.29, 0.717) is 0 Å². The molecular formula is C8H4F3IN2. The molecule has 1 aromatic rings. The smallest absolute Gasteiger partial charge is 0.217 e. The van der Waals surface area contributed by atoms with Crippen LogP contribution in [0, 0.1) is 20.8 Å². The van der Waals surface area contributed by atoms with E-state index in [-0.39, 0.29) is 15.6 Å². The fraction of sp³-hybridized carbons (Fsp3) is 0.250. The topological polar surface area (TPSA) is 36.7 Å². The van der Waals surface area contributed by atoms with E-state index in [1.165, 1.54) is 6.07 Å². The third-order valence-corrected chi connectivity index (χ3v) is 2.37. The Labute approximate surface area is 91.9 Å². The summed E-state index contributed by atoms with van der Waals surface area (Å²) in [6.45, 7) is 0. The first-order chi connectivity index (χ1) is 6.56. The molecule has 14 heavy (non-hydrogen) atoms. The van der Waals surface area contributed by atoms with E-state index in [2.05, 4.69) is 4.98 Å². The number of alkyl halides is 2. The van der Waals surface area contributed by atoms with Crippen LogP contribution in [0.3, 0.4) is 0 Å². The quantitative estimate of drug-likeness (QED) is 0.622. The normalized spacial score (nSPS) is 10.3. The van der Waals surface area contributed by atoms with Crippen molar-refractivity contribution in [2.45, 2.75) is 12.8 Å². The van der Waals surface area contributed by atoms with Gasteiger partial charge in [0.2, 0.25) is 5.95 Å². The number of hydrogen-bond acceptors (Lipinski definition) is 2. The Morgan fingerprint density at radius 2 is 2.21 bits per heavy atom. The molecule has 0 amide bonds. The Morgan fingerprint density at radius 1 is 1.57 bits per heavy atom. The van der Waals surface area contributed by atoms with E-state index in [1.54, 1.807) is 28.7 Å². The van der Waals surface area contributed by atoms with Crippen molar-refractivity contribution in [3.8, 4) is 6.07 Å². The van der Waals surface area contributed by atoms with Gasteiger partial charge < -0.3 is 0 Å². The van der Waals surface area contributed by atoms with Crippen molar-refractivity contribution < 1.29 is 13.2 Å². The lowest BCUT2D eigenvalue weighted by Gasteiger charge is -2.04. The second kappa shape index (κ2) is 4.59. The highest BCUT2D eigenvalue weighted by atomic mass is 127. The van der Waals surface area contributed by atoms with Gasteiger partial charge in [-0.2, -0.15) is 9.65 Å². The molecule has 0 aliphatic heterocycles. The Kier molecular flexibility index (Phi) is 3.69. The highest BCUT2D eigenvalue weighted by Crippen LogP contribution is 2.24. The fourth-order valence-electron chi connectivity index (χ4n) is 0.880. The molecule has 0 saturated heterocycles. The minimum absolute atomic E-state index is 0.0429. The number of rotatable bonds is 2. The maximum atomic E-state index is 13.0. The zero-order chi connectivity index (χ0) is 10.7. The summed E-state index contributed by atoms with van der Waals surface area (Å²) in [5.74, 6) is -0.998. The molecule has 0 unspecified atom stereocenters. The number of halogens is 4. The minimum atomic E-state index is -2.80. The molecule has 0 N–H and O–H groups in total. The Balaban J connectivity index is 3.18. The molecule has 0 aromatic carbocycles. The summed E-state index contributed by atoms with van der Waals surface area (Å²) >= 11 is 1.64. The number of nitriles is 1. The molecule has 2 nitrogen and oxygen atoms in total. The first kappa shape index (κ1) is 11.2. The van der Waals surface area contributed by atoms with E-state index < -0.39 is 18.1 Å². The van der Waals surface area contributed by atoms with Crippen LogP contribution in [-0.4, -0.2) is 4.98 Å². The molecule has 1 rings (SSSR count). The first-order valence-corrected chi connectivity index (χ1v) is 4.64. The zero-order valence-corrected chi connectivity index (χ0v) is 8.93. The molecule has 0 bridgehead atoms. The summed E-state index contributed by atoms with van der Waals surface area (Å²) in [4.78, 5) is 3.12. The molecule has 0 saturated carbocycles. The lowest BCUT2D eigenvalue weighted by Crippen LogP contribution is -2.02. The van der Waals surface area contributed by atoms with E-state index in [1.807, 2.05) is 0 Å². The maximum absolute atomic E-state index is 13.0. The van der Waals surface area contributed by atoms with Gasteiger partial charge in [-0.25, -0.2) is 13.8 Å². The number of hydrogen-bond donors (Lipinski definition) is 0. The van der Waals surface area contributed by atoms with Crippen LogP contribution in [0.4, 0.5) is 13.2 Å². The van der Waals surface area contributed by atoms with Gasteiger partial charge >= 0.3 is 0 Å². The van der Waals surface area contributed by atoms with Crippen LogP contribution in [0.2, 0.25) is 0 Å².